The molecule has 308 valence electrons. The van der Waals surface area contributed by atoms with Crippen LogP contribution in [0.5, 0.6) is 0 Å². The highest BCUT2D eigenvalue weighted by atomic mass is 16.3. The zero-order valence-electron chi connectivity index (χ0n) is 32.0. The van der Waals surface area contributed by atoms with Crippen LogP contribution in [-0.4, -0.2) is 127 Å². The monoisotopic (exact) mass is 775 g/mol. The molecule has 0 unspecified atom stereocenters. The third-order valence-corrected chi connectivity index (χ3v) is 9.12. The minimum absolute atomic E-state index is 0.00935. The third kappa shape index (κ3) is 15.3. The number of hydrogen-bond acceptors (Lipinski definition) is 13. The molecule has 1 aromatic rings. The lowest BCUT2D eigenvalue weighted by molar-refractivity contribution is -0.135. The summed E-state index contributed by atoms with van der Waals surface area (Å²) in [6.07, 6.45) is -0.810. The van der Waals surface area contributed by atoms with Crippen molar-refractivity contribution in [2.24, 2.45) is 28.9 Å². The fraction of sp³-hybridized carbons (Fsp3) is 0.639. The summed E-state index contributed by atoms with van der Waals surface area (Å²) in [6, 6.07) is 1.53. The molecule has 1 aliphatic rings. The van der Waals surface area contributed by atoms with E-state index in [9.17, 15) is 38.7 Å². The van der Waals surface area contributed by atoms with Crippen LogP contribution in [-0.2, 0) is 40.0 Å². The van der Waals surface area contributed by atoms with Gasteiger partial charge in [-0.1, -0.05) is 44.2 Å². The van der Waals surface area contributed by atoms with E-state index in [1.807, 2.05) is 13.8 Å². The van der Waals surface area contributed by atoms with Gasteiger partial charge in [0.25, 0.3) is 0 Å². The average molecular weight is 776 g/mol. The molecule has 2 rings (SSSR count). The largest absolute Gasteiger partial charge is 0.391 e. The van der Waals surface area contributed by atoms with Crippen molar-refractivity contribution >= 4 is 41.7 Å². The lowest BCUT2D eigenvalue weighted by Gasteiger charge is -2.34. The third-order valence-electron chi connectivity index (χ3n) is 9.12. The molecule has 0 spiro atoms. The van der Waals surface area contributed by atoms with Gasteiger partial charge in [0, 0.05) is 19.5 Å². The Labute approximate surface area is 322 Å². The van der Waals surface area contributed by atoms with Gasteiger partial charge >= 0.3 is 0 Å². The maximum absolute atomic E-state index is 14.0. The normalized spacial score (nSPS) is 27.8. The van der Waals surface area contributed by atoms with E-state index < -0.39 is 83.3 Å². The second-order valence-electron chi connectivity index (χ2n) is 14.3. The topological polar surface area (TPSA) is 328 Å². The van der Waals surface area contributed by atoms with Gasteiger partial charge in [0.2, 0.25) is 35.4 Å². The SMILES string of the molecule is CC(C)C[C@@H]1NC(=O)[C@@H](Cc2ccccc2)NC(=O)[C@H](CCN)NC(=O)[C@@H](N)CCNC(=O)[C@H]([C@@H](C)O)NC(=O)[C@H](CCN)NC[C@@](C=O)(CCN)NC1=O. The molecule has 55 heavy (non-hydrogen) atoms. The highest BCUT2D eigenvalue weighted by Crippen LogP contribution is 2.13. The van der Waals surface area contributed by atoms with Crippen molar-refractivity contribution in [3.05, 3.63) is 35.9 Å². The molecule has 0 aliphatic carbocycles. The molecule has 0 aromatic heterocycles. The number of amides is 6. The predicted octanol–water partition coefficient (Wildman–Crippen LogP) is -4.50. The van der Waals surface area contributed by atoms with E-state index in [-0.39, 0.29) is 77.2 Å². The standard InChI is InChI=1S/C36H61N11O8/c1-21(2)17-27-34(54)47-36(20-48,12-15-39)19-42-25(9-13-37)31(51)46-29(22(3)49)35(55)41-16-11-24(40)30(50)43-26(10-14-38)32(52)45-28(33(53)44-27)18-23-7-5-4-6-8-23/h4-8,20-22,24-29,42,49H,9-19,37-40H2,1-3H3,(H,41,55)(H,43,50)(H,44,53)(H,45,52)(H,46,51)(H,47,54)/t22-,24+,25+,26+,27+,28-,29+,36-/m1/s1. The molecule has 6 amide bonds. The summed E-state index contributed by atoms with van der Waals surface area (Å²) in [5.41, 5.74) is 22.6. The first-order valence-corrected chi connectivity index (χ1v) is 18.7. The molecular formula is C36H61N11O8. The molecule has 1 fully saturated rings. The summed E-state index contributed by atoms with van der Waals surface area (Å²) < 4.78 is 0. The minimum Gasteiger partial charge on any atom is -0.391 e. The molecule has 8 atom stereocenters. The average Bonchev–Trinajstić information content (AvgIpc) is 3.14. The van der Waals surface area contributed by atoms with Crippen LogP contribution in [0.15, 0.2) is 30.3 Å². The van der Waals surface area contributed by atoms with Crippen LogP contribution in [0.4, 0.5) is 0 Å². The summed E-state index contributed by atoms with van der Waals surface area (Å²) in [5.74, 6) is -4.50. The van der Waals surface area contributed by atoms with Crippen molar-refractivity contribution in [3.8, 4) is 0 Å². The molecule has 19 heteroatoms. The summed E-state index contributed by atoms with van der Waals surface area (Å²) in [4.78, 5) is 94.1. The van der Waals surface area contributed by atoms with Crippen LogP contribution in [0.3, 0.4) is 0 Å². The minimum atomic E-state index is -1.65. The molecule has 0 radical (unpaired) electrons. The van der Waals surface area contributed by atoms with Gasteiger partial charge in [-0.25, -0.2) is 0 Å². The second-order valence-corrected chi connectivity index (χ2v) is 14.3. The molecular weight excluding hydrogens is 714 g/mol. The number of aldehydes is 1. The number of benzene rings is 1. The number of rotatable bonds is 12. The van der Waals surface area contributed by atoms with Crippen molar-refractivity contribution in [1.29, 1.82) is 0 Å². The van der Waals surface area contributed by atoms with Gasteiger partial charge in [0.1, 0.15) is 36.0 Å². The van der Waals surface area contributed by atoms with Gasteiger partial charge in [0.15, 0.2) is 0 Å². The van der Waals surface area contributed by atoms with E-state index in [2.05, 4.69) is 37.2 Å². The molecule has 1 saturated heterocycles. The lowest BCUT2D eigenvalue weighted by atomic mass is 9.94. The number of nitrogens with one attached hydrogen (secondary N) is 7. The van der Waals surface area contributed by atoms with Crippen molar-refractivity contribution in [3.63, 3.8) is 0 Å². The maximum atomic E-state index is 14.0. The molecule has 1 aliphatic heterocycles. The van der Waals surface area contributed by atoms with Gasteiger partial charge < -0.3 is 70.1 Å². The predicted molar refractivity (Wildman–Crippen MR) is 204 cm³/mol. The van der Waals surface area contributed by atoms with E-state index in [1.165, 1.54) is 6.92 Å². The van der Waals surface area contributed by atoms with E-state index in [1.54, 1.807) is 30.3 Å². The van der Waals surface area contributed by atoms with Gasteiger partial charge in [-0.3, -0.25) is 28.8 Å². The van der Waals surface area contributed by atoms with Crippen LogP contribution in [0.1, 0.15) is 58.4 Å². The second kappa shape index (κ2) is 23.4. The molecule has 1 aromatic carbocycles. The zero-order chi connectivity index (χ0) is 41.1. The molecule has 0 saturated carbocycles. The molecule has 19 nitrogen and oxygen atoms in total. The zero-order valence-corrected chi connectivity index (χ0v) is 32.0. The van der Waals surface area contributed by atoms with Crippen LogP contribution in [0.2, 0.25) is 0 Å². The van der Waals surface area contributed by atoms with Crippen molar-refractivity contribution in [2.45, 2.75) is 107 Å². The molecule has 16 N–H and O–H groups in total. The van der Waals surface area contributed by atoms with E-state index >= 15 is 0 Å². The van der Waals surface area contributed by atoms with E-state index in [0.717, 1.165) is 0 Å². The summed E-state index contributed by atoms with van der Waals surface area (Å²) >= 11 is 0. The van der Waals surface area contributed by atoms with Crippen LogP contribution < -0.4 is 60.2 Å². The van der Waals surface area contributed by atoms with Gasteiger partial charge in [-0.05, 0) is 70.1 Å². The van der Waals surface area contributed by atoms with Crippen LogP contribution in [0, 0.1) is 5.92 Å². The number of hydrogen-bond donors (Lipinski definition) is 12. The highest BCUT2D eigenvalue weighted by Gasteiger charge is 2.37. The first kappa shape index (κ1) is 46.6. The van der Waals surface area contributed by atoms with Crippen molar-refractivity contribution in [1.82, 2.24) is 37.2 Å². The molecule has 1 heterocycles. The Kier molecular flexibility index (Phi) is 19.8. The summed E-state index contributed by atoms with van der Waals surface area (Å²) in [7, 11) is 0. The van der Waals surface area contributed by atoms with E-state index in [0.29, 0.717) is 11.8 Å². The quantitative estimate of drug-likeness (QED) is 0.0893. The van der Waals surface area contributed by atoms with Crippen molar-refractivity contribution in [2.75, 3.05) is 32.7 Å². The Morgan fingerprint density at radius 2 is 1.35 bits per heavy atom. The molecule has 0 bridgehead atoms. The van der Waals surface area contributed by atoms with Crippen LogP contribution in [0.25, 0.3) is 0 Å². The van der Waals surface area contributed by atoms with E-state index in [4.69, 9.17) is 22.9 Å². The maximum Gasteiger partial charge on any atom is 0.245 e. The smallest absolute Gasteiger partial charge is 0.245 e. The Balaban J connectivity index is 2.62. The lowest BCUT2D eigenvalue weighted by Crippen LogP contribution is -2.64. The Morgan fingerprint density at radius 1 is 0.764 bits per heavy atom. The van der Waals surface area contributed by atoms with Gasteiger partial charge in [-0.15, -0.1) is 0 Å². The number of nitrogens with two attached hydrogens (primary N) is 4. The number of aliphatic hydroxyl groups excluding tert-OH is 1. The fourth-order valence-electron chi connectivity index (χ4n) is 5.98. The highest BCUT2D eigenvalue weighted by molar-refractivity contribution is 5.96. The Morgan fingerprint density at radius 3 is 1.93 bits per heavy atom. The fourth-order valence-corrected chi connectivity index (χ4v) is 5.98. The van der Waals surface area contributed by atoms with Gasteiger partial charge in [0.05, 0.1) is 18.2 Å². The first-order valence-electron chi connectivity index (χ1n) is 18.7. The van der Waals surface area contributed by atoms with Gasteiger partial charge in [-0.2, -0.15) is 0 Å². The first-order chi connectivity index (χ1) is 26.1. The number of carbonyl (C=O) groups is 7. The summed E-state index contributed by atoms with van der Waals surface area (Å²) in [6.45, 7) is 4.51. The Hall–Kier alpha value is -4.53. The summed E-state index contributed by atoms with van der Waals surface area (Å²) in [5, 5.41) is 29.1. The number of aliphatic hydroxyl groups is 1. The van der Waals surface area contributed by atoms with Crippen molar-refractivity contribution < 1.29 is 38.7 Å². The number of carbonyl (C=O) groups excluding carboxylic acids is 7. The Bertz CT molecular complexity index is 1430. The van der Waals surface area contributed by atoms with Crippen LogP contribution >= 0.6 is 0 Å².